The van der Waals surface area contributed by atoms with Gasteiger partial charge in [0.15, 0.2) is 0 Å². The average molecular weight is 260 g/mol. The fourth-order valence-electron chi connectivity index (χ4n) is 2.54. The zero-order valence-electron chi connectivity index (χ0n) is 10.7. The summed E-state index contributed by atoms with van der Waals surface area (Å²) in [6.07, 6.45) is 6.33. The molecule has 1 aliphatic carbocycles. The van der Waals surface area contributed by atoms with E-state index in [1.807, 2.05) is 0 Å². The van der Waals surface area contributed by atoms with Crippen LogP contribution in [0, 0.1) is 5.92 Å². The molecule has 0 amide bonds. The molecule has 4 nitrogen and oxygen atoms in total. The molecule has 1 aliphatic heterocycles. The third kappa shape index (κ3) is 4.94. The molecule has 1 saturated heterocycles. The van der Waals surface area contributed by atoms with Gasteiger partial charge in [-0.15, -0.1) is 0 Å². The first-order valence-electron chi connectivity index (χ1n) is 6.67. The van der Waals surface area contributed by atoms with Crippen LogP contribution in [-0.4, -0.2) is 57.5 Å². The number of piperidine rings is 1. The summed E-state index contributed by atoms with van der Waals surface area (Å²) in [4.78, 5) is 2.41. The van der Waals surface area contributed by atoms with Gasteiger partial charge in [-0.3, -0.25) is 4.90 Å². The van der Waals surface area contributed by atoms with Crippen molar-refractivity contribution in [3.8, 4) is 0 Å². The van der Waals surface area contributed by atoms with Crippen LogP contribution >= 0.6 is 0 Å². The fourth-order valence-corrected chi connectivity index (χ4v) is 3.11. The maximum Gasteiger partial charge on any atom is 0.148 e. The second-order valence-electron chi connectivity index (χ2n) is 5.55. The van der Waals surface area contributed by atoms with Gasteiger partial charge in [0.2, 0.25) is 0 Å². The highest BCUT2D eigenvalue weighted by molar-refractivity contribution is 7.90. The summed E-state index contributed by atoms with van der Waals surface area (Å²) < 4.78 is 22.5. The Labute approximate surface area is 105 Å². The molecule has 1 saturated carbocycles. The lowest BCUT2D eigenvalue weighted by Crippen LogP contribution is -2.39. The Morgan fingerprint density at radius 3 is 2.35 bits per heavy atom. The minimum Gasteiger partial charge on any atom is -0.317 e. The van der Waals surface area contributed by atoms with E-state index in [0.717, 1.165) is 32.1 Å². The van der Waals surface area contributed by atoms with Gasteiger partial charge in [0.1, 0.15) is 9.84 Å². The summed E-state index contributed by atoms with van der Waals surface area (Å²) in [5.74, 6) is 1.07. The van der Waals surface area contributed by atoms with Gasteiger partial charge >= 0.3 is 0 Å². The van der Waals surface area contributed by atoms with E-state index >= 15 is 0 Å². The van der Waals surface area contributed by atoms with Crippen molar-refractivity contribution in [2.75, 3.05) is 38.2 Å². The van der Waals surface area contributed by atoms with Crippen molar-refractivity contribution in [2.24, 2.45) is 5.92 Å². The summed E-state index contributed by atoms with van der Waals surface area (Å²) in [5.41, 5.74) is 0. The Kier molecular flexibility index (Phi) is 4.44. The molecule has 1 N–H and O–H groups in total. The number of nitrogens with one attached hydrogen (secondary N) is 1. The molecule has 0 aromatic rings. The molecule has 0 radical (unpaired) electrons. The maximum atomic E-state index is 11.2. The van der Waals surface area contributed by atoms with Crippen molar-refractivity contribution in [3.63, 3.8) is 0 Å². The average Bonchev–Trinajstić information content (AvgIpc) is 3.08. The van der Waals surface area contributed by atoms with Crippen LogP contribution < -0.4 is 5.32 Å². The van der Waals surface area contributed by atoms with Crippen LogP contribution in [0.3, 0.4) is 0 Å². The third-order valence-corrected chi connectivity index (χ3v) is 4.69. The van der Waals surface area contributed by atoms with E-state index in [4.69, 9.17) is 0 Å². The van der Waals surface area contributed by atoms with E-state index in [9.17, 15) is 8.42 Å². The van der Waals surface area contributed by atoms with Crippen molar-refractivity contribution in [1.82, 2.24) is 10.2 Å². The lowest BCUT2D eigenvalue weighted by molar-refractivity contribution is 0.206. The molecule has 2 aliphatic rings. The summed E-state index contributed by atoms with van der Waals surface area (Å²) in [6, 6.07) is 0.673. The molecule has 0 spiro atoms. The molecule has 5 heteroatoms. The Morgan fingerprint density at radius 2 is 1.82 bits per heavy atom. The molecule has 0 aromatic carbocycles. The van der Waals surface area contributed by atoms with Gasteiger partial charge in [-0.25, -0.2) is 8.42 Å². The molecule has 0 bridgehead atoms. The molecular weight excluding hydrogens is 236 g/mol. The zero-order chi connectivity index (χ0) is 12.3. The lowest BCUT2D eigenvalue weighted by Gasteiger charge is -2.30. The first kappa shape index (κ1) is 13.3. The molecule has 2 fully saturated rings. The third-order valence-electron chi connectivity index (χ3n) is 3.76. The SMILES string of the molecule is CS(=O)(=O)CCN(CC1CCNCC1)C1CC1. The number of nitrogens with zero attached hydrogens (tertiary/aromatic N) is 1. The highest BCUT2D eigenvalue weighted by Crippen LogP contribution is 2.28. The van der Waals surface area contributed by atoms with Crippen LogP contribution in [0.15, 0.2) is 0 Å². The van der Waals surface area contributed by atoms with Crippen LogP contribution in [0.4, 0.5) is 0 Å². The standard InChI is InChI=1S/C12H24N2O2S/c1-17(15,16)9-8-14(12-2-3-12)10-11-4-6-13-7-5-11/h11-13H,2-10H2,1H3. The van der Waals surface area contributed by atoms with E-state index in [0.29, 0.717) is 11.8 Å². The van der Waals surface area contributed by atoms with Crippen molar-refractivity contribution >= 4 is 9.84 Å². The van der Waals surface area contributed by atoms with E-state index < -0.39 is 9.84 Å². The van der Waals surface area contributed by atoms with Crippen LogP contribution in [0.25, 0.3) is 0 Å². The lowest BCUT2D eigenvalue weighted by atomic mass is 9.97. The van der Waals surface area contributed by atoms with Crippen LogP contribution in [0.5, 0.6) is 0 Å². The van der Waals surface area contributed by atoms with Gasteiger partial charge in [0, 0.05) is 25.4 Å². The van der Waals surface area contributed by atoms with Crippen molar-refractivity contribution < 1.29 is 8.42 Å². The van der Waals surface area contributed by atoms with Gasteiger partial charge in [0.05, 0.1) is 5.75 Å². The monoisotopic (exact) mass is 260 g/mol. The van der Waals surface area contributed by atoms with E-state index in [1.54, 1.807) is 0 Å². The van der Waals surface area contributed by atoms with E-state index in [-0.39, 0.29) is 0 Å². The largest absolute Gasteiger partial charge is 0.317 e. The van der Waals surface area contributed by atoms with Crippen LogP contribution in [0.1, 0.15) is 25.7 Å². The maximum absolute atomic E-state index is 11.2. The zero-order valence-corrected chi connectivity index (χ0v) is 11.5. The highest BCUT2D eigenvalue weighted by Gasteiger charge is 2.31. The number of rotatable bonds is 6. The smallest absolute Gasteiger partial charge is 0.148 e. The van der Waals surface area contributed by atoms with Gasteiger partial charge in [-0.1, -0.05) is 0 Å². The molecule has 1 heterocycles. The Morgan fingerprint density at radius 1 is 1.18 bits per heavy atom. The normalized spacial score (nSPS) is 23.2. The van der Waals surface area contributed by atoms with Gasteiger partial charge in [-0.05, 0) is 44.7 Å². The second kappa shape index (κ2) is 5.67. The summed E-state index contributed by atoms with van der Waals surface area (Å²) in [5, 5.41) is 3.37. The number of hydrogen-bond acceptors (Lipinski definition) is 4. The van der Waals surface area contributed by atoms with Gasteiger partial charge < -0.3 is 5.32 Å². The first-order chi connectivity index (χ1) is 8.04. The Hall–Kier alpha value is -0.130. The minimum absolute atomic E-state index is 0.314. The minimum atomic E-state index is -2.82. The summed E-state index contributed by atoms with van der Waals surface area (Å²) >= 11 is 0. The first-order valence-corrected chi connectivity index (χ1v) is 8.73. The van der Waals surface area contributed by atoms with Gasteiger partial charge in [0.25, 0.3) is 0 Å². The number of sulfone groups is 1. The highest BCUT2D eigenvalue weighted by atomic mass is 32.2. The topological polar surface area (TPSA) is 49.4 Å². The predicted octanol–water partition coefficient (Wildman–Crippen LogP) is 0.495. The molecule has 0 unspecified atom stereocenters. The van der Waals surface area contributed by atoms with E-state index in [2.05, 4.69) is 10.2 Å². The molecule has 100 valence electrons. The predicted molar refractivity (Wildman–Crippen MR) is 69.9 cm³/mol. The Bertz CT molecular complexity index is 332. The fraction of sp³-hybridized carbons (Fsp3) is 1.00. The molecule has 17 heavy (non-hydrogen) atoms. The van der Waals surface area contributed by atoms with Crippen LogP contribution in [-0.2, 0) is 9.84 Å². The Balaban J connectivity index is 1.79. The molecule has 0 aromatic heterocycles. The summed E-state index contributed by atoms with van der Waals surface area (Å²) in [7, 11) is -2.82. The van der Waals surface area contributed by atoms with Crippen molar-refractivity contribution in [2.45, 2.75) is 31.7 Å². The molecular formula is C12H24N2O2S. The molecule has 0 atom stereocenters. The van der Waals surface area contributed by atoms with Crippen LogP contribution in [0.2, 0.25) is 0 Å². The van der Waals surface area contributed by atoms with E-state index in [1.165, 1.54) is 31.9 Å². The van der Waals surface area contributed by atoms with Crippen molar-refractivity contribution in [1.29, 1.82) is 0 Å². The second-order valence-corrected chi connectivity index (χ2v) is 7.81. The van der Waals surface area contributed by atoms with Gasteiger partial charge in [-0.2, -0.15) is 0 Å². The quantitative estimate of drug-likeness (QED) is 0.755. The molecule has 2 rings (SSSR count). The summed E-state index contributed by atoms with van der Waals surface area (Å²) in [6.45, 7) is 4.07. The van der Waals surface area contributed by atoms with Crippen molar-refractivity contribution in [3.05, 3.63) is 0 Å². The number of hydrogen-bond donors (Lipinski definition) is 1.